The minimum atomic E-state index is -4.77. The fourth-order valence-electron chi connectivity index (χ4n) is 6.00. The number of amides is 1. The number of ether oxygens (including phenoxy) is 2. The van der Waals surface area contributed by atoms with Crippen molar-refractivity contribution in [2.75, 3.05) is 6.54 Å². The number of hydrogen-bond acceptors (Lipinski definition) is 4. The van der Waals surface area contributed by atoms with Crippen LogP contribution < -0.4 is 9.47 Å². The third kappa shape index (κ3) is 7.08. The maximum atomic E-state index is 13.0. The number of fused-ring (bicyclic) bond motifs is 1. The summed E-state index contributed by atoms with van der Waals surface area (Å²) in [7, 11) is -1.63. The molecule has 1 atom stereocenters. The molecule has 0 aliphatic heterocycles. The van der Waals surface area contributed by atoms with Crippen LogP contribution in [0.15, 0.2) is 47.4 Å². The van der Waals surface area contributed by atoms with Gasteiger partial charge in [0.05, 0.1) is 0 Å². The molecule has 1 amide bonds. The highest BCUT2D eigenvalue weighted by atomic mass is 32.4. The van der Waals surface area contributed by atoms with Gasteiger partial charge in [-0.25, -0.2) is 4.79 Å². The number of aryl methyl sites for hydroxylation is 1. The van der Waals surface area contributed by atoms with Crippen LogP contribution in [0.25, 0.3) is 0 Å². The van der Waals surface area contributed by atoms with Gasteiger partial charge in [-0.3, -0.25) is 0 Å². The molecule has 0 saturated carbocycles. The Morgan fingerprint density at radius 3 is 2.08 bits per heavy atom. The molecule has 0 aromatic heterocycles. The minimum absolute atomic E-state index is 0.00166. The van der Waals surface area contributed by atoms with E-state index >= 15 is 0 Å². The van der Waals surface area contributed by atoms with Crippen molar-refractivity contribution >= 4 is 24.5 Å². The van der Waals surface area contributed by atoms with Crippen LogP contribution >= 0.6 is 11.2 Å². The third-order valence-electron chi connectivity index (χ3n) is 7.66. The lowest BCUT2D eigenvalue weighted by Crippen LogP contribution is -2.44. The van der Waals surface area contributed by atoms with Crippen molar-refractivity contribution in [2.24, 2.45) is 0 Å². The predicted octanol–water partition coefficient (Wildman–Crippen LogP) is 9.23. The first-order valence-electron chi connectivity index (χ1n) is 13.4. The summed E-state index contributed by atoms with van der Waals surface area (Å²) < 4.78 is 46.5. The standard InChI is InChI=1S/C29H40F3NO3SSi/c1-8-33(28(34)35-25-12-14-26(15-13-25)36-29(30,31)32)24-11-9-23-18-27(16-10-22(23)17-24)37-38(19(2)3,20(4)5)21(6)7/h10,12-16,18-21,24H,8-9,11,17H2,1-7H3. The monoisotopic (exact) mass is 567 g/mol. The number of benzene rings is 2. The molecule has 38 heavy (non-hydrogen) atoms. The number of carbonyl (C=O) groups excluding carboxylic acids is 1. The first-order valence-corrected chi connectivity index (χ1v) is 17.2. The molecule has 0 radical (unpaired) electrons. The van der Waals surface area contributed by atoms with E-state index in [2.05, 4.69) is 75.7 Å². The molecule has 1 unspecified atom stereocenters. The van der Waals surface area contributed by atoms with E-state index < -0.39 is 19.7 Å². The van der Waals surface area contributed by atoms with Crippen molar-refractivity contribution in [3.05, 3.63) is 53.6 Å². The van der Waals surface area contributed by atoms with E-state index in [9.17, 15) is 18.0 Å². The topological polar surface area (TPSA) is 38.8 Å². The molecule has 0 N–H and O–H groups in total. The molecule has 2 aromatic rings. The lowest BCUT2D eigenvalue weighted by atomic mass is 9.87. The highest BCUT2D eigenvalue weighted by Crippen LogP contribution is 2.52. The summed E-state index contributed by atoms with van der Waals surface area (Å²) in [4.78, 5) is 16.0. The van der Waals surface area contributed by atoms with E-state index in [1.807, 2.05) is 6.92 Å². The molecule has 0 heterocycles. The van der Waals surface area contributed by atoms with Crippen LogP contribution in [0, 0.1) is 0 Å². The van der Waals surface area contributed by atoms with Crippen LogP contribution in [0.3, 0.4) is 0 Å². The Balaban J connectivity index is 1.69. The second-order valence-corrected chi connectivity index (χ2v) is 19.5. The Labute approximate surface area is 229 Å². The maximum absolute atomic E-state index is 13.0. The molecule has 210 valence electrons. The lowest BCUT2D eigenvalue weighted by molar-refractivity contribution is -0.274. The van der Waals surface area contributed by atoms with E-state index in [1.165, 1.54) is 28.2 Å². The van der Waals surface area contributed by atoms with Crippen LogP contribution in [0.1, 0.15) is 66.0 Å². The molecule has 1 aliphatic rings. The van der Waals surface area contributed by atoms with Gasteiger partial charge in [0.1, 0.15) is 18.7 Å². The van der Waals surface area contributed by atoms with Gasteiger partial charge >= 0.3 is 12.5 Å². The normalized spacial score (nSPS) is 16.1. The SMILES string of the molecule is CCN(C(=O)Oc1ccc(OC(F)(F)F)cc1)C1CCc2cc(S[Si](C(C)C)(C(C)C)C(C)C)ccc2C1. The molecule has 2 aromatic carbocycles. The molecule has 1 aliphatic carbocycles. The average molecular weight is 568 g/mol. The number of rotatable bonds is 9. The Hall–Kier alpha value is -2.13. The van der Waals surface area contributed by atoms with Crippen molar-refractivity contribution in [3.8, 4) is 11.5 Å². The summed E-state index contributed by atoms with van der Waals surface area (Å²) in [5.74, 6) is -0.185. The molecular weight excluding hydrogens is 527 g/mol. The van der Waals surface area contributed by atoms with Gasteiger partial charge in [-0.15, -0.1) is 13.2 Å². The lowest BCUT2D eigenvalue weighted by Gasteiger charge is -2.42. The van der Waals surface area contributed by atoms with E-state index in [4.69, 9.17) is 4.74 Å². The first kappa shape index (κ1) is 30.4. The Kier molecular flexibility index (Phi) is 9.90. The van der Waals surface area contributed by atoms with E-state index in [-0.39, 0.29) is 17.5 Å². The van der Waals surface area contributed by atoms with E-state index in [1.54, 1.807) is 4.90 Å². The fraction of sp³-hybridized carbons (Fsp3) is 0.552. The third-order valence-corrected chi connectivity index (χ3v) is 19.9. The predicted molar refractivity (Wildman–Crippen MR) is 151 cm³/mol. The quantitative estimate of drug-likeness (QED) is 0.283. The van der Waals surface area contributed by atoms with Gasteiger partial charge in [-0.1, -0.05) is 47.6 Å². The largest absolute Gasteiger partial charge is 0.573 e. The van der Waals surface area contributed by atoms with Crippen molar-refractivity contribution < 1.29 is 27.4 Å². The highest BCUT2D eigenvalue weighted by molar-refractivity contribution is 8.29. The van der Waals surface area contributed by atoms with Gasteiger partial charge in [-0.05, 0) is 90.3 Å². The van der Waals surface area contributed by atoms with Crippen LogP contribution in [-0.2, 0) is 12.8 Å². The van der Waals surface area contributed by atoms with Crippen LogP contribution in [0.5, 0.6) is 11.5 Å². The van der Waals surface area contributed by atoms with Crippen LogP contribution in [0.4, 0.5) is 18.0 Å². The summed E-state index contributed by atoms with van der Waals surface area (Å²) in [5.41, 5.74) is 4.63. The summed E-state index contributed by atoms with van der Waals surface area (Å²) in [6.07, 6.45) is -2.79. The number of likely N-dealkylation sites (N-methyl/N-ethyl adjacent to an activating group) is 1. The second-order valence-electron chi connectivity index (χ2n) is 10.9. The molecule has 0 bridgehead atoms. The van der Waals surface area contributed by atoms with Gasteiger partial charge in [0.15, 0.2) is 0 Å². The Bertz CT molecular complexity index is 1070. The Morgan fingerprint density at radius 1 is 0.974 bits per heavy atom. The van der Waals surface area contributed by atoms with Crippen LogP contribution in [0.2, 0.25) is 16.6 Å². The zero-order valence-corrected chi connectivity index (χ0v) is 25.2. The average Bonchev–Trinajstić information content (AvgIpc) is 2.82. The number of nitrogens with zero attached hydrogens (tertiary/aromatic N) is 1. The summed E-state index contributed by atoms with van der Waals surface area (Å²) in [5, 5.41) is 0. The number of hydrogen-bond donors (Lipinski definition) is 0. The zero-order valence-electron chi connectivity index (χ0n) is 23.4. The van der Waals surface area contributed by atoms with Gasteiger partial charge in [0.25, 0.3) is 0 Å². The van der Waals surface area contributed by atoms with Crippen molar-refractivity contribution in [2.45, 2.75) is 102 Å². The summed E-state index contributed by atoms with van der Waals surface area (Å²) in [6.45, 7) is 16.7. The second kappa shape index (κ2) is 12.4. The number of halogens is 3. The zero-order chi connectivity index (χ0) is 28.3. The van der Waals surface area contributed by atoms with E-state index in [0.717, 1.165) is 31.4 Å². The van der Waals surface area contributed by atoms with Gasteiger partial charge in [-0.2, -0.15) is 11.2 Å². The molecule has 9 heteroatoms. The smallest absolute Gasteiger partial charge is 0.410 e. The molecule has 0 fully saturated rings. The fourth-order valence-corrected chi connectivity index (χ4v) is 15.2. The minimum Gasteiger partial charge on any atom is -0.410 e. The summed E-state index contributed by atoms with van der Waals surface area (Å²) in [6, 6.07) is 11.7. The molecule has 0 spiro atoms. The highest BCUT2D eigenvalue weighted by Gasteiger charge is 2.44. The summed E-state index contributed by atoms with van der Waals surface area (Å²) >= 11 is 2.14. The van der Waals surface area contributed by atoms with Gasteiger partial charge < -0.3 is 14.4 Å². The van der Waals surface area contributed by atoms with E-state index in [0.29, 0.717) is 23.2 Å². The van der Waals surface area contributed by atoms with Crippen molar-refractivity contribution in [1.29, 1.82) is 0 Å². The van der Waals surface area contributed by atoms with Crippen molar-refractivity contribution in [3.63, 3.8) is 0 Å². The van der Waals surface area contributed by atoms with Gasteiger partial charge in [0, 0.05) is 17.5 Å². The van der Waals surface area contributed by atoms with Crippen LogP contribution in [-0.4, -0.2) is 37.2 Å². The molecule has 0 saturated heterocycles. The maximum Gasteiger partial charge on any atom is 0.573 e. The molecule has 3 rings (SSSR count). The molecule has 4 nitrogen and oxygen atoms in total. The first-order chi connectivity index (χ1) is 17.8. The number of alkyl halides is 3. The van der Waals surface area contributed by atoms with Crippen molar-refractivity contribution in [1.82, 2.24) is 4.90 Å². The van der Waals surface area contributed by atoms with Gasteiger partial charge in [0.2, 0.25) is 0 Å². The number of carbonyl (C=O) groups is 1. The Morgan fingerprint density at radius 2 is 1.55 bits per heavy atom. The molecular formula is C29H40F3NO3SSi.